The summed E-state index contributed by atoms with van der Waals surface area (Å²) < 4.78 is 33.5. The zero-order valence-electron chi connectivity index (χ0n) is 25.5. The number of unbranched alkanes of at least 4 members (excludes halogenated alkanes) is 1. The third-order valence-electron chi connectivity index (χ3n) is 8.03. The van der Waals surface area contributed by atoms with E-state index >= 15 is 0 Å². The van der Waals surface area contributed by atoms with Crippen molar-refractivity contribution in [3.8, 4) is 5.75 Å². The predicted octanol–water partition coefficient (Wildman–Crippen LogP) is 8.04. The fourth-order valence-corrected chi connectivity index (χ4v) is 11.8. The number of aliphatic hydroxyl groups is 1. The number of halogens is 1. The molecule has 41 heavy (non-hydrogen) atoms. The maximum absolute atomic E-state index is 11.6. The minimum absolute atomic E-state index is 0.333. The van der Waals surface area contributed by atoms with E-state index in [-0.39, 0.29) is 0 Å². The predicted molar refractivity (Wildman–Crippen MR) is 171 cm³/mol. The molecule has 8 heteroatoms. The second-order valence-corrected chi connectivity index (χ2v) is 18.1. The van der Waals surface area contributed by atoms with Gasteiger partial charge in [0.25, 0.3) is 0 Å². The molecule has 0 bridgehead atoms. The van der Waals surface area contributed by atoms with Gasteiger partial charge < -0.3 is 28.5 Å². The van der Waals surface area contributed by atoms with Gasteiger partial charge in [-0.15, -0.1) is 6.58 Å². The lowest BCUT2D eigenvalue weighted by molar-refractivity contribution is -0.304. The van der Waals surface area contributed by atoms with Gasteiger partial charge in [0.15, 0.2) is 20.7 Å². The van der Waals surface area contributed by atoms with E-state index in [1.165, 1.54) is 0 Å². The zero-order valence-corrected chi connectivity index (χ0v) is 28.1. The minimum atomic E-state index is -2.20. The van der Waals surface area contributed by atoms with Crippen LogP contribution in [0.2, 0.25) is 16.6 Å². The van der Waals surface area contributed by atoms with Crippen LogP contribution in [0.3, 0.4) is 0 Å². The molecule has 228 valence electrons. The number of rotatable bonds is 16. The first-order valence-electron chi connectivity index (χ1n) is 14.9. The van der Waals surface area contributed by atoms with Gasteiger partial charge in [0, 0.05) is 4.47 Å². The van der Waals surface area contributed by atoms with E-state index < -0.39 is 39.0 Å². The second kappa shape index (κ2) is 16.4. The molecule has 1 saturated heterocycles. The zero-order chi connectivity index (χ0) is 30.0. The summed E-state index contributed by atoms with van der Waals surface area (Å²) in [6.07, 6.45) is -0.315. The summed E-state index contributed by atoms with van der Waals surface area (Å²) in [6, 6.07) is 17.6. The van der Waals surface area contributed by atoms with E-state index in [0.717, 1.165) is 22.9 Å². The molecule has 1 aliphatic heterocycles. The van der Waals surface area contributed by atoms with Crippen LogP contribution in [-0.2, 0) is 25.2 Å². The summed E-state index contributed by atoms with van der Waals surface area (Å²) in [6.45, 7) is 18.5. The van der Waals surface area contributed by atoms with Crippen molar-refractivity contribution < 1.29 is 28.5 Å². The van der Waals surface area contributed by atoms with E-state index in [0.29, 0.717) is 42.2 Å². The molecule has 5 atom stereocenters. The minimum Gasteiger partial charge on any atom is -0.485 e. The molecule has 0 aliphatic carbocycles. The Hall–Kier alpha value is -1.52. The van der Waals surface area contributed by atoms with Crippen molar-refractivity contribution in [2.45, 2.75) is 108 Å². The third kappa shape index (κ3) is 8.99. The van der Waals surface area contributed by atoms with Crippen LogP contribution >= 0.6 is 15.9 Å². The second-order valence-electron chi connectivity index (χ2n) is 11.8. The molecule has 2 aromatic rings. The normalized spacial score (nSPS) is 23.3. The molecule has 2 aromatic carbocycles. The Labute approximate surface area is 256 Å². The average Bonchev–Trinajstić information content (AvgIpc) is 2.94. The number of ether oxygens (including phenoxy) is 4. The van der Waals surface area contributed by atoms with Crippen LogP contribution < -0.4 is 4.74 Å². The highest BCUT2D eigenvalue weighted by atomic mass is 79.9. The third-order valence-corrected chi connectivity index (χ3v) is 14.6. The van der Waals surface area contributed by atoms with Gasteiger partial charge in [-0.05, 0) is 59.3 Å². The van der Waals surface area contributed by atoms with E-state index in [9.17, 15) is 5.11 Å². The van der Waals surface area contributed by atoms with E-state index in [4.69, 9.17) is 23.4 Å². The Morgan fingerprint density at radius 3 is 2.15 bits per heavy atom. The molecule has 1 aliphatic rings. The summed E-state index contributed by atoms with van der Waals surface area (Å²) in [7, 11) is -2.20. The smallest absolute Gasteiger partial charge is 0.200 e. The summed E-state index contributed by atoms with van der Waals surface area (Å²) >= 11 is 3.49. The largest absolute Gasteiger partial charge is 0.485 e. The fourth-order valence-electron chi connectivity index (χ4n) is 6.09. The first-order valence-corrected chi connectivity index (χ1v) is 17.8. The van der Waals surface area contributed by atoms with Crippen LogP contribution in [0.1, 0.15) is 59.9 Å². The summed E-state index contributed by atoms with van der Waals surface area (Å²) in [5, 5.41) is 11.6. The summed E-state index contributed by atoms with van der Waals surface area (Å²) in [5.41, 5.74) is 2.28. The molecule has 3 rings (SSSR count). The lowest BCUT2D eigenvalue weighted by atomic mass is 9.98. The molecule has 0 saturated carbocycles. The van der Waals surface area contributed by atoms with Gasteiger partial charge in [-0.2, -0.15) is 0 Å². The molecule has 1 heterocycles. The lowest BCUT2D eigenvalue weighted by Gasteiger charge is -2.47. The Bertz CT molecular complexity index is 1010. The Balaban J connectivity index is 1.94. The number of hydrogen-bond donors (Lipinski definition) is 1. The van der Waals surface area contributed by atoms with Crippen molar-refractivity contribution in [3.05, 3.63) is 77.3 Å². The quantitative estimate of drug-likeness (QED) is 0.113. The summed E-state index contributed by atoms with van der Waals surface area (Å²) in [5.74, 6) is 0.632. The highest BCUT2D eigenvalue weighted by Gasteiger charge is 2.51. The standard InChI is InChI=1S/C33H49BrO6Si/c1-8-9-13-20-36-33-30(35)32(39-28-18-16-27(34)17-19-28)31(37-21-26-14-11-10-12-15-26)29(40-33)22-38-41(23(2)3,24(4)5)25(6)7/h8,10-12,14-19,23-25,29-33,35H,1,9,13,20-22H2,2-7H3/t29-,30-,31-,32-,33-/m1/s1. The molecule has 0 aromatic heterocycles. The topological polar surface area (TPSA) is 66.4 Å². The van der Waals surface area contributed by atoms with Crippen LogP contribution in [0.25, 0.3) is 0 Å². The monoisotopic (exact) mass is 648 g/mol. The Morgan fingerprint density at radius 2 is 1.56 bits per heavy atom. The molecule has 1 fully saturated rings. The van der Waals surface area contributed by atoms with E-state index in [2.05, 4.69) is 64.1 Å². The van der Waals surface area contributed by atoms with Crippen LogP contribution in [-0.4, -0.2) is 57.3 Å². The SMILES string of the molecule is C=CCCCO[C@@H]1O[C@H](CO[Si](C(C)C)(C(C)C)C(C)C)[C@@H](OCc2ccccc2)[C@H](Oc2ccc(Br)cc2)[C@H]1O. The van der Waals surface area contributed by atoms with Gasteiger partial charge >= 0.3 is 0 Å². The fraction of sp³-hybridized carbons (Fsp3) is 0.576. The van der Waals surface area contributed by atoms with Gasteiger partial charge in [-0.1, -0.05) is 93.9 Å². The van der Waals surface area contributed by atoms with Crippen LogP contribution in [0.4, 0.5) is 0 Å². The maximum atomic E-state index is 11.6. The highest BCUT2D eigenvalue weighted by Crippen LogP contribution is 2.43. The molecule has 6 nitrogen and oxygen atoms in total. The van der Waals surface area contributed by atoms with Crippen molar-refractivity contribution in [3.63, 3.8) is 0 Å². The van der Waals surface area contributed by atoms with Gasteiger partial charge in [0.1, 0.15) is 24.1 Å². The molecule has 0 radical (unpaired) electrons. The van der Waals surface area contributed by atoms with Crippen LogP contribution in [0.15, 0.2) is 71.7 Å². The molecule has 0 unspecified atom stereocenters. The van der Waals surface area contributed by atoms with Gasteiger partial charge in [-0.3, -0.25) is 0 Å². The molecule has 0 amide bonds. The summed E-state index contributed by atoms with van der Waals surface area (Å²) in [4.78, 5) is 0. The number of allylic oxidation sites excluding steroid dienone is 1. The highest BCUT2D eigenvalue weighted by molar-refractivity contribution is 9.10. The maximum Gasteiger partial charge on any atom is 0.200 e. The number of benzene rings is 2. The average molecular weight is 650 g/mol. The molecule has 0 spiro atoms. The number of aliphatic hydroxyl groups excluding tert-OH is 1. The lowest BCUT2D eigenvalue weighted by Crippen LogP contribution is -2.63. The molecular weight excluding hydrogens is 600 g/mol. The molecular formula is C33H49BrO6Si. The van der Waals surface area contributed by atoms with Gasteiger partial charge in [-0.25, -0.2) is 0 Å². The first kappa shape index (κ1) is 34.0. The van der Waals surface area contributed by atoms with E-state index in [1.54, 1.807) is 0 Å². The van der Waals surface area contributed by atoms with E-state index in [1.807, 2.05) is 60.7 Å². The van der Waals surface area contributed by atoms with Gasteiger partial charge in [0.2, 0.25) is 0 Å². The number of hydrogen-bond acceptors (Lipinski definition) is 6. The van der Waals surface area contributed by atoms with Crippen molar-refractivity contribution in [1.82, 2.24) is 0 Å². The van der Waals surface area contributed by atoms with Crippen molar-refractivity contribution >= 4 is 24.2 Å². The van der Waals surface area contributed by atoms with Gasteiger partial charge in [0.05, 0.1) is 19.8 Å². The van der Waals surface area contributed by atoms with Crippen molar-refractivity contribution in [2.24, 2.45) is 0 Å². The van der Waals surface area contributed by atoms with Crippen molar-refractivity contribution in [1.29, 1.82) is 0 Å². The van der Waals surface area contributed by atoms with Crippen molar-refractivity contribution in [2.75, 3.05) is 13.2 Å². The first-order chi connectivity index (χ1) is 19.6. The van der Waals surface area contributed by atoms with Crippen LogP contribution in [0, 0.1) is 0 Å². The Kier molecular flexibility index (Phi) is 13.6. The Morgan fingerprint density at radius 1 is 0.927 bits per heavy atom. The van der Waals surface area contributed by atoms with Crippen LogP contribution in [0.5, 0.6) is 5.75 Å². The molecule has 1 N–H and O–H groups in total.